The van der Waals surface area contributed by atoms with Crippen molar-refractivity contribution in [3.8, 4) is 5.75 Å². The predicted octanol–water partition coefficient (Wildman–Crippen LogP) is 2.30. The lowest BCUT2D eigenvalue weighted by molar-refractivity contribution is 0.0692. The zero-order chi connectivity index (χ0) is 13.0. The maximum absolute atomic E-state index is 11.2. The number of hydrogen-bond acceptors (Lipinski definition) is 3. The molecule has 4 nitrogen and oxygen atoms in total. The van der Waals surface area contributed by atoms with Crippen LogP contribution in [0, 0.1) is 0 Å². The lowest BCUT2D eigenvalue weighted by Crippen LogP contribution is -2.06. The number of aliphatic hydroxyl groups excluding tert-OH is 1. The molecule has 4 heteroatoms. The molecule has 0 spiro atoms. The van der Waals surface area contributed by atoms with E-state index in [1.165, 1.54) is 0 Å². The van der Waals surface area contributed by atoms with E-state index in [2.05, 4.69) is 0 Å². The number of fused-ring (bicyclic) bond motifs is 1. The summed E-state index contributed by atoms with van der Waals surface area (Å²) in [7, 11) is 0. The van der Waals surface area contributed by atoms with Crippen molar-refractivity contribution in [2.24, 2.45) is 0 Å². The molecule has 2 aromatic rings. The lowest BCUT2D eigenvalue weighted by atomic mass is 10.1. The van der Waals surface area contributed by atoms with Gasteiger partial charge in [-0.15, -0.1) is 0 Å². The van der Waals surface area contributed by atoms with Gasteiger partial charge in [0.2, 0.25) is 0 Å². The molecule has 0 bridgehead atoms. The highest BCUT2D eigenvalue weighted by atomic mass is 16.5. The van der Waals surface area contributed by atoms with Gasteiger partial charge < -0.3 is 14.9 Å². The average Bonchev–Trinajstić information content (AvgIpc) is 2.38. The normalized spacial score (nSPS) is 10.5. The monoisotopic (exact) mass is 246 g/mol. The van der Waals surface area contributed by atoms with Crippen LogP contribution in [-0.2, 0) is 0 Å². The first-order chi connectivity index (χ1) is 8.74. The van der Waals surface area contributed by atoms with Gasteiger partial charge >= 0.3 is 5.97 Å². The molecular weight excluding hydrogens is 232 g/mol. The van der Waals surface area contributed by atoms with Crippen LogP contribution in [0.2, 0.25) is 0 Å². The van der Waals surface area contributed by atoms with Gasteiger partial charge in [0.25, 0.3) is 0 Å². The fraction of sp³-hybridized carbons (Fsp3) is 0.214. The topological polar surface area (TPSA) is 66.8 Å². The summed E-state index contributed by atoms with van der Waals surface area (Å²) in [5, 5.41) is 19.6. The van der Waals surface area contributed by atoms with Gasteiger partial charge in [0, 0.05) is 18.4 Å². The van der Waals surface area contributed by atoms with Crippen molar-refractivity contribution in [1.29, 1.82) is 0 Å². The van der Waals surface area contributed by atoms with Crippen LogP contribution in [0.15, 0.2) is 36.4 Å². The first-order valence-corrected chi connectivity index (χ1v) is 5.72. The van der Waals surface area contributed by atoms with E-state index in [1.807, 2.05) is 24.3 Å². The third kappa shape index (κ3) is 2.43. The average molecular weight is 246 g/mol. The second-order valence-corrected chi connectivity index (χ2v) is 3.89. The number of carboxylic acids is 1. The highest BCUT2D eigenvalue weighted by molar-refractivity contribution is 6.00. The van der Waals surface area contributed by atoms with Crippen LogP contribution in [0.3, 0.4) is 0 Å². The Kier molecular flexibility index (Phi) is 3.79. The number of ether oxygens (including phenoxy) is 1. The van der Waals surface area contributed by atoms with E-state index >= 15 is 0 Å². The van der Waals surface area contributed by atoms with Crippen LogP contribution in [-0.4, -0.2) is 29.4 Å². The summed E-state index contributed by atoms with van der Waals surface area (Å²) in [5.74, 6) is -0.645. The minimum Gasteiger partial charge on any atom is -0.492 e. The summed E-state index contributed by atoms with van der Waals surface area (Å²) < 4.78 is 5.51. The van der Waals surface area contributed by atoms with E-state index in [0.717, 1.165) is 10.8 Å². The predicted molar refractivity (Wildman–Crippen MR) is 68.1 cm³/mol. The van der Waals surface area contributed by atoms with Crippen molar-refractivity contribution in [1.82, 2.24) is 0 Å². The summed E-state index contributed by atoms with van der Waals surface area (Å²) in [6.07, 6.45) is 0.474. The molecule has 0 radical (unpaired) electrons. The maximum Gasteiger partial charge on any atom is 0.339 e. The van der Waals surface area contributed by atoms with Crippen molar-refractivity contribution in [2.75, 3.05) is 13.2 Å². The van der Waals surface area contributed by atoms with Crippen LogP contribution in [0.4, 0.5) is 0 Å². The molecule has 0 aromatic heterocycles. The van der Waals surface area contributed by atoms with E-state index in [0.29, 0.717) is 18.8 Å². The Morgan fingerprint density at radius 3 is 2.67 bits per heavy atom. The number of aromatic carboxylic acids is 1. The van der Waals surface area contributed by atoms with Gasteiger partial charge in [0.05, 0.1) is 6.61 Å². The van der Waals surface area contributed by atoms with Crippen molar-refractivity contribution in [3.63, 3.8) is 0 Å². The van der Waals surface area contributed by atoms with Crippen LogP contribution in [0.5, 0.6) is 5.75 Å². The maximum atomic E-state index is 11.2. The molecule has 0 saturated carbocycles. The summed E-state index contributed by atoms with van der Waals surface area (Å²) in [4.78, 5) is 11.2. The standard InChI is InChI=1S/C14H14O4/c15-8-3-9-18-13-11-5-2-1-4-10(11)6-7-12(13)14(16)17/h1-2,4-7,15H,3,8-9H2,(H,16,17). The van der Waals surface area contributed by atoms with Crippen LogP contribution >= 0.6 is 0 Å². The van der Waals surface area contributed by atoms with Gasteiger partial charge in [0.1, 0.15) is 11.3 Å². The molecule has 0 atom stereocenters. The van der Waals surface area contributed by atoms with Crippen molar-refractivity contribution in [2.45, 2.75) is 6.42 Å². The Bertz CT molecular complexity index is 563. The Morgan fingerprint density at radius 2 is 1.94 bits per heavy atom. The third-order valence-corrected chi connectivity index (χ3v) is 2.66. The molecule has 0 aliphatic carbocycles. The van der Waals surface area contributed by atoms with Crippen LogP contribution in [0.25, 0.3) is 10.8 Å². The Labute approximate surface area is 104 Å². The van der Waals surface area contributed by atoms with Gasteiger partial charge in [-0.1, -0.05) is 30.3 Å². The number of carboxylic acid groups (broad SMARTS) is 1. The largest absolute Gasteiger partial charge is 0.492 e. The highest BCUT2D eigenvalue weighted by Gasteiger charge is 2.14. The SMILES string of the molecule is O=C(O)c1ccc2ccccc2c1OCCCO. The molecule has 0 unspecified atom stereocenters. The minimum atomic E-state index is -1.01. The second kappa shape index (κ2) is 5.51. The van der Waals surface area contributed by atoms with Crippen LogP contribution in [0.1, 0.15) is 16.8 Å². The Morgan fingerprint density at radius 1 is 1.17 bits per heavy atom. The van der Waals surface area contributed by atoms with E-state index in [-0.39, 0.29) is 12.2 Å². The molecular formula is C14H14O4. The molecule has 0 heterocycles. The zero-order valence-corrected chi connectivity index (χ0v) is 9.80. The fourth-order valence-electron chi connectivity index (χ4n) is 1.81. The smallest absolute Gasteiger partial charge is 0.339 e. The van der Waals surface area contributed by atoms with E-state index < -0.39 is 5.97 Å². The molecule has 0 saturated heterocycles. The van der Waals surface area contributed by atoms with E-state index in [4.69, 9.17) is 14.9 Å². The molecule has 0 fully saturated rings. The molecule has 94 valence electrons. The first-order valence-electron chi connectivity index (χ1n) is 5.72. The quantitative estimate of drug-likeness (QED) is 0.794. The summed E-state index contributed by atoms with van der Waals surface area (Å²) in [6.45, 7) is 0.317. The highest BCUT2D eigenvalue weighted by Crippen LogP contribution is 2.30. The van der Waals surface area contributed by atoms with Crippen LogP contribution < -0.4 is 4.74 Å². The number of benzene rings is 2. The van der Waals surface area contributed by atoms with Gasteiger partial charge in [0.15, 0.2) is 0 Å². The minimum absolute atomic E-state index is 0.0210. The molecule has 2 aromatic carbocycles. The molecule has 0 amide bonds. The zero-order valence-electron chi connectivity index (χ0n) is 9.80. The third-order valence-electron chi connectivity index (χ3n) is 2.66. The summed E-state index contributed by atoms with van der Waals surface area (Å²) in [6, 6.07) is 10.8. The Hall–Kier alpha value is -2.07. The lowest BCUT2D eigenvalue weighted by Gasteiger charge is -2.11. The van der Waals surface area contributed by atoms with Gasteiger partial charge in [-0.05, 0) is 11.5 Å². The molecule has 0 aliphatic rings. The van der Waals surface area contributed by atoms with Gasteiger partial charge in [-0.2, -0.15) is 0 Å². The van der Waals surface area contributed by atoms with Gasteiger partial charge in [-0.3, -0.25) is 0 Å². The summed E-state index contributed by atoms with van der Waals surface area (Å²) >= 11 is 0. The molecule has 18 heavy (non-hydrogen) atoms. The second-order valence-electron chi connectivity index (χ2n) is 3.89. The molecule has 2 N–H and O–H groups in total. The van der Waals surface area contributed by atoms with Gasteiger partial charge in [-0.25, -0.2) is 4.79 Å². The first kappa shape index (κ1) is 12.4. The Balaban J connectivity index is 2.48. The summed E-state index contributed by atoms with van der Waals surface area (Å²) in [5.41, 5.74) is 0.145. The van der Waals surface area contributed by atoms with Crippen molar-refractivity contribution >= 4 is 16.7 Å². The molecule has 0 aliphatic heterocycles. The fourth-order valence-corrected chi connectivity index (χ4v) is 1.81. The number of aliphatic hydroxyl groups is 1. The van der Waals surface area contributed by atoms with Crippen molar-refractivity contribution < 1.29 is 19.7 Å². The van der Waals surface area contributed by atoms with E-state index in [1.54, 1.807) is 12.1 Å². The number of rotatable bonds is 5. The van der Waals surface area contributed by atoms with E-state index in [9.17, 15) is 4.79 Å². The number of carbonyl (C=O) groups is 1. The van der Waals surface area contributed by atoms with Crippen molar-refractivity contribution in [3.05, 3.63) is 42.0 Å². The number of hydrogen-bond donors (Lipinski definition) is 2. The molecule has 2 rings (SSSR count).